The molecule has 1 aliphatic rings. The largest absolute Gasteiger partial charge is 0.353 e. The lowest BCUT2D eigenvalue weighted by Gasteiger charge is -2.34. The highest BCUT2D eigenvalue weighted by Crippen LogP contribution is 2.21. The molecule has 1 unspecified atom stereocenters. The molecule has 1 aromatic heterocycles. The minimum atomic E-state index is 0.433. The van der Waals surface area contributed by atoms with Crippen molar-refractivity contribution in [1.29, 1.82) is 0 Å². The van der Waals surface area contributed by atoms with Gasteiger partial charge in [0.25, 0.3) is 0 Å². The van der Waals surface area contributed by atoms with Gasteiger partial charge in [-0.1, -0.05) is 0 Å². The summed E-state index contributed by atoms with van der Waals surface area (Å²) < 4.78 is 0. The van der Waals surface area contributed by atoms with Crippen molar-refractivity contribution in [2.24, 2.45) is 0 Å². The molecule has 0 bridgehead atoms. The lowest BCUT2D eigenvalue weighted by Crippen LogP contribution is -2.38. The predicted molar refractivity (Wildman–Crippen MR) is 62.2 cm³/mol. The summed E-state index contributed by atoms with van der Waals surface area (Å²) in [6.45, 7) is 3.34. The number of hydrogen-bond acceptors (Lipinski definition) is 3. The van der Waals surface area contributed by atoms with Crippen molar-refractivity contribution in [3.63, 3.8) is 0 Å². The molecule has 0 radical (unpaired) electrons. The molecule has 1 saturated heterocycles. The molecule has 2 rings (SSSR count). The van der Waals surface area contributed by atoms with E-state index < -0.39 is 0 Å². The monoisotopic (exact) mass is 225 g/mol. The zero-order valence-corrected chi connectivity index (χ0v) is 9.74. The summed E-state index contributed by atoms with van der Waals surface area (Å²) in [7, 11) is 0. The minimum absolute atomic E-state index is 0.433. The van der Waals surface area contributed by atoms with Gasteiger partial charge in [0.1, 0.15) is 5.82 Å². The molecule has 2 heterocycles. The quantitative estimate of drug-likeness (QED) is 0.725. The summed E-state index contributed by atoms with van der Waals surface area (Å²) in [4.78, 5) is 11.0. The van der Waals surface area contributed by atoms with Gasteiger partial charge in [0.2, 0.25) is 0 Å². The molecule has 0 aromatic carbocycles. The number of alkyl halides is 1. The van der Waals surface area contributed by atoms with Gasteiger partial charge in [-0.15, -0.1) is 11.6 Å². The van der Waals surface area contributed by atoms with E-state index in [1.165, 1.54) is 19.3 Å². The van der Waals surface area contributed by atoms with Gasteiger partial charge in [-0.2, -0.15) is 0 Å². The molecule has 1 aliphatic heterocycles. The third-order valence-electron chi connectivity index (χ3n) is 2.93. The van der Waals surface area contributed by atoms with Crippen molar-refractivity contribution in [3.8, 4) is 0 Å². The van der Waals surface area contributed by atoms with Crippen LogP contribution in [-0.4, -0.2) is 22.6 Å². The number of aromatic nitrogens is 2. The normalized spacial score (nSPS) is 21.7. The first kappa shape index (κ1) is 10.7. The molecule has 0 saturated carbocycles. The van der Waals surface area contributed by atoms with E-state index in [1.54, 1.807) is 6.20 Å². The van der Waals surface area contributed by atoms with Crippen LogP contribution in [0.15, 0.2) is 12.4 Å². The molecule has 0 aliphatic carbocycles. The van der Waals surface area contributed by atoms with Crippen LogP contribution < -0.4 is 4.90 Å². The van der Waals surface area contributed by atoms with Crippen LogP contribution in [0.4, 0.5) is 5.82 Å². The summed E-state index contributed by atoms with van der Waals surface area (Å²) in [6, 6.07) is 0.579. The third-order valence-corrected chi connectivity index (χ3v) is 3.20. The second-order valence-electron chi connectivity index (χ2n) is 4.04. The highest BCUT2D eigenvalue weighted by molar-refractivity contribution is 6.16. The van der Waals surface area contributed by atoms with Crippen molar-refractivity contribution < 1.29 is 0 Å². The molecule has 1 atom stereocenters. The third kappa shape index (κ3) is 2.40. The summed E-state index contributed by atoms with van der Waals surface area (Å²) >= 11 is 5.68. The Bertz CT molecular complexity index is 312. The molecule has 82 valence electrons. The number of piperidine rings is 1. The molecular formula is C11H16ClN3. The fourth-order valence-electron chi connectivity index (χ4n) is 2.00. The summed E-state index contributed by atoms with van der Waals surface area (Å²) in [6.07, 6.45) is 7.43. The van der Waals surface area contributed by atoms with Crippen LogP contribution in [0.5, 0.6) is 0 Å². The highest BCUT2D eigenvalue weighted by Gasteiger charge is 2.19. The van der Waals surface area contributed by atoms with Gasteiger partial charge in [0.15, 0.2) is 0 Å². The Labute approximate surface area is 95.5 Å². The molecule has 3 nitrogen and oxygen atoms in total. The van der Waals surface area contributed by atoms with Crippen LogP contribution in [0.1, 0.15) is 31.9 Å². The minimum Gasteiger partial charge on any atom is -0.353 e. The molecular weight excluding hydrogens is 210 g/mol. The maximum Gasteiger partial charge on any atom is 0.147 e. The summed E-state index contributed by atoms with van der Waals surface area (Å²) in [5, 5.41) is 0. The molecule has 0 amide bonds. The van der Waals surface area contributed by atoms with E-state index in [9.17, 15) is 0 Å². The van der Waals surface area contributed by atoms with E-state index in [2.05, 4.69) is 21.8 Å². The second-order valence-corrected chi connectivity index (χ2v) is 4.31. The maximum atomic E-state index is 5.68. The van der Waals surface area contributed by atoms with Crippen LogP contribution in [-0.2, 0) is 5.88 Å². The van der Waals surface area contributed by atoms with Crippen LogP contribution in [0.3, 0.4) is 0 Å². The van der Waals surface area contributed by atoms with Gasteiger partial charge in [-0.3, -0.25) is 4.98 Å². The zero-order valence-electron chi connectivity index (χ0n) is 8.99. The van der Waals surface area contributed by atoms with Gasteiger partial charge >= 0.3 is 0 Å². The smallest absolute Gasteiger partial charge is 0.147 e. The van der Waals surface area contributed by atoms with Crippen molar-refractivity contribution in [2.75, 3.05) is 11.4 Å². The molecule has 4 heteroatoms. The van der Waals surface area contributed by atoms with E-state index in [1.807, 2.05) is 6.20 Å². The predicted octanol–water partition coefficient (Wildman–Crippen LogP) is 2.59. The van der Waals surface area contributed by atoms with Crippen molar-refractivity contribution in [3.05, 3.63) is 18.1 Å². The van der Waals surface area contributed by atoms with E-state index >= 15 is 0 Å². The molecule has 0 N–H and O–H groups in total. The average Bonchev–Trinajstić information content (AvgIpc) is 2.30. The molecule has 15 heavy (non-hydrogen) atoms. The number of nitrogens with zero attached hydrogens (tertiary/aromatic N) is 3. The van der Waals surface area contributed by atoms with Crippen molar-refractivity contribution in [1.82, 2.24) is 9.97 Å². The second kappa shape index (κ2) is 4.79. The average molecular weight is 226 g/mol. The van der Waals surface area contributed by atoms with Gasteiger partial charge in [0, 0.05) is 12.6 Å². The summed E-state index contributed by atoms with van der Waals surface area (Å²) in [5.74, 6) is 1.42. The zero-order chi connectivity index (χ0) is 10.7. The lowest BCUT2D eigenvalue weighted by molar-refractivity contribution is 0.480. The summed E-state index contributed by atoms with van der Waals surface area (Å²) in [5.41, 5.74) is 0.838. The van der Waals surface area contributed by atoms with E-state index in [0.717, 1.165) is 18.1 Å². The fraction of sp³-hybridized carbons (Fsp3) is 0.636. The van der Waals surface area contributed by atoms with Crippen LogP contribution in [0.2, 0.25) is 0 Å². The maximum absolute atomic E-state index is 5.68. The van der Waals surface area contributed by atoms with Crippen molar-refractivity contribution in [2.45, 2.75) is 38.1 Å². The number of halogens is 1. The van der Waals surface area contributed by atoms with Crippen LogP contribution >= 0.6 is 11.6 Å². The topological polar surface area (TPSA) is 29.0 Å². The Hall–Kier alpha value is -0.830. The Kier molecular flexibility index (Phi) is 3.41. The molecule has 1 fully saturated rings. The first-order valence-electron chi connectivity index (χ1n) is 5.45. The van der Waals surface area contributed by atoms with Crippen LogP contribution in [0.25, 0.3) is 0 Å². The van der Waals surface area contributed by atoms with E-state index in [0.29, 0.717) is 11.9 Å². The molecule has 0 spiro atoms. The number of hydrogen-bond donors (Lipinski definition) is 0. The fourth-order valence-corrected chi connectivity index (χ4v) is 2.14. The SMILES string of the molecule is CC1CCCCN1c1cnc(CCl)cn1. The van der Waals surface area contributed by atoms with Gasteiger partial charge in [-0.25, -0.2) is 4.98 Å². The van der Waals surface area contributed by atoms with Gasteiger partial charge < -0.3 is 4.90 Å². The Morgan fingerprint density at radius 2 is 2.27 bits per heavy atom. The van der Waals surface area contributed by atoms with Gasteiger partial charge in [-0.05, 0) is 26.2 Å². The highest BCUT2D eigenvalue weighted by atomic mass is 35.5. The van der Waals surface area contributed by atoms with Gasteiger partial charge in [0.05, 0.1) is 24.0 Å². The number of rotatable bonds is 2. The first-order chi connectivity index (χ1) is 7.31. The van der Waals surface area contributed by atoms with E-state index in [-0.39, 0.29) is 0 Å². The standard InChI is InChI=1S/C11H16ClN3/c1-9-4-2-3-5-15(9)11-8-13-10(6-12)7-14-11/h7-9H,2-6H2,1H3. The lowest BCUT2D eigenvalue weighted by atomic mass is 10.0. The number of anilines is 1. The first-order valence-corrected chi connectivity index (χ1v) is 5.98. The Balaban J connectivity index is 2.13. The molecule has 1 aromatic rings. The Morgan fingerprint density at radius 3 is 2.87 bits per heavy atom. The van der Waals surface area contributed by atoms with Crippen LogP contribution in [0, 0.1) is 0 Å². The van der Waals surface area contributed by atoms with E-state index in [4.69, 9.17) is 11.6 Å². The van der Waals surface area contributed by atoms with Crippen molar-refractivity contribution >= 4 is 17.4 Å². The Morgan fingerprint density at radius 1 is 1.40 bits per heavy atom.